The van der Waals surface area contributed by atoms with Crippen LogP contribution in [0, 0.1) is 5.82 Å². The van der Waals surface area contributed by atoms with Crippen LogP contribution in [0.15, 0.2) is 36.4 Å². The molecule has 0 aromatic heterocycles. The van der Waals surface area contributed by atoms with E-state index in [4.69, 9.17) is 9.47 Å². The molecule has 1 N–H and O–H groups in total. The van der Waals surface area contributed by atoms with Gasteiger partial charge in [0.25, 0.3) is 5.91 Å². The molecule has 31 heavy (non-hydrogen) atoms. The average Bonchev–Trinajstić information content (AvgIpc) is 3.25. The van der Waals surface area contributed by atoms with Gasteiger partial charge < -0.3 is 24.6 Å². The maximum absolute atomic E-state index is 13.5. The van der Waals surface area contributed by atoms with Crippen molar-refractivity contribution in [3.63, 3.8) is 0 Å². The van der Waals surface area contributed by atoms with Gasteiger partial charge in [0, 0.05) is 43.9 Å². The van der Waals surface area contributed by atoms with Gasteiger partial charge in [0.15, 0.2) is 11.5 Å². The second-order valence-corrected chi connectivity index (χ2v) is 7.72. The Kier molecular flexibility index (Phi) is 4.72. The van der Waals surface area contributed by atoms with Crippen LogP contribution in [0.5, 0.6) is 11.5 Å². The summed E-state index contributed by atoms with van der Waals surface area (Å²) in [5, 5.41) is 2.62. The number of hydrogen-bond acceptors (Lipinski definition) is 5. The van der Waals surface area contributed by atoms with E-state index in [0.717, 1.165) is 0 Å². The van der Waals surface area contributed by atoms with E-state index >= 15 is 0 Å². The highest BCUT2D eigenvalue weighted by Gasteiger charge is 2.35. The predicted molar refractivity (Wildman–Crippen MR) is 107 cm³/mol. The van der Waals surface area contributed by atoms with E-state index in [1.807, 2.05) is 0 Å². The molecule has 3 aliphatic rings. The van der Waals surface area contributed by atoms with Gasteiger partial charge in [-0.3, -0.25) is 14.4 Å². The largest absolute Gasteiger partial charge is 0.454 e. The molecular weight excluding hydrogens is 405 g/mol. The zero-order valence-corrected chi connectivity index (χ0v) is 16.6. The molecule has 0 bridgehead atoms. The molecule has 0 aliphatic carbocycles. The summed E-state index contributed by atoms with van der Waals surface area (Å²) in [4.78, 5) is 41.4. The van der Waals surface area contributed by atoms with Crippen LogP contribution < -0.4 is 14.8 Å². The molecule has 160 valence electrons. The Labute approximate surface area is 177 Å². The predicted octanol–water partition coefficient (Wildman–Crippen LogP) is 1.96. The number of nitrogens with one attached hydrogen (secondary N) is 1. The number of rotatable bonds is 2. The number of halogens is 1. The number of nitrogens with zero attached hydrogens (tertiary/aromatic N) is 2. The quantitative estimate of drug-likeness (QED) is 0.795. The van der Waals surface area contributed by atoms with E-state index in [1.54, 1.807) is 34.1 Å². The summed E-state index contributed by atoms with van der Waals surface area (Å²) in [5.41, 5.74) is 1.46. The summed E-state index contributed by atoms with van der Waals surface area (Å²) in [6.07, 6.45) is 0.0216. The minimum Gasteiger partial charge on any atom is -0.454 e. The third-order valence-electron chi connectivity index (χ3n) is 5.85. The molecule has 3 heterocycles. The van der Waals surface area contributed by atoms with Crippen LogP contribution in [0.2, 0.25) is 0 Å². The Balaban J connectivity index is 1.26. The van der Waals surface area contributed by atoms with Gasteiger partial charge >= 0.3 is 0 Å². The third kappa shape index (κ3) is 3.56. The molecule has 9 heteroatoms. The third-order valence-corrected chi connectivity index (χ3v) is 5.85. The lowest BCUT2D eigenvalue weighted by molar-refractivity contribution is -0.136. The second kappa shape index (κ2) is 7.57. The van der Waals surface area contributed by atoms with Gasteiger partial charge in [-0.05, 0) is 35.9 Å². The van der Waals surface area contributed by atoms with Crippen molar-refractivity contribution < 1.29 is 28.2 Å². The van der Waals surface area contributed by atoms with Gasteiger partial charge in [0.2, 0.25) is 18.6 Å². The van der Waals surface area contributed by atoms with E-state index < -0.39 is 11.7 Å². The summed E-state index contributed by atoms with van der Waals surface area (Å²) in [6.45, 7) is 1.64. The highest BCUT2D eigenvalue weighted by atomic mass is 19.1. The number of piperazine rings is 1. The number of carbonyl (C=O) groups is 3. The fraction of sp³-hybridized carbons (Fsp3) is 0.318. The molecule has 0 spiro atoms. The number of fused-ring (bicyclic) bond motifs is 2. The zero-order chi connectivity index (χ0) is 21.5. The van der Waals surface area contributed by atoms with Crippen LogP contribution in [0.4, 0.5) is 10.1 Å². The molecule has 0 radical (unpaired) electrons. The molecular formula is C22H20FN3O5. The smallest absolute Gasteiger partial charge is 0.254 e. The van der Waals surface area contributed by atoms with Crippen molar-refractivity contribution in [3.05, 3.63) is 53.3 Å². The molecule has 1 fully saturated rings. The first-order valence-corrected chi connectivity index (χ1v) is 10.1. The molecule has 5 rings (SSSR count). The molecule has 2 aromatic rings. The zero-order valence-electron chi connectivity index (χ0n) is 16.6. The summed E-state index contributed by atoms with van der Waals surface area (Å²) in [7, 11) is 0. The Morgan fingerprint density at radius 3 is 2.52 bits per heavy atom. The van der Waals surface area contributed by atoms with Gasteiger partial charge in [0.05, 0.1) is 5.92 Å². The monoisotopic (exact) mass is 425 g/mol. The first-order valence-electron chi connectivity index (χ1n) is 10.1. The second-order valence-electron chi connectivity index (χ2n) is 7.72. The maximum Gasteiger partial charge on any atom is 0.254 e. The molecule has 1 unspecified atom stereocenters. The number of carbonyl (C=O) groups excluding carboxylic acids is 3. The van der Waals surface area contributed by atoms with Crippen molar-refractivity contribution in [3.8, 4) is 11.5 Å². The van der Waals surface area contributed by atoms with E-state index in [1.165, 1.54) is 12.1 Å². The van der Waals surface area contributed by atoms with Crippen molar-refractivity contribution in [2.24, 2.45) is 0 Å². The van der Waals surface area contributed by atoms with Gasteiger partial charge in [-0.2, -0.15) is 0 Å². The van der Waals surface area contributed by atoms with Gasteiger partial charge in [-0.25, -0.2) is 4.39 Å². The Hall–Kier alpha value is -3.62. The summed E-state index contributed by atoms with van der Waals surface area (Å²) in [5.74, 6) is -0.591. The molecule has 1 saturated heterocycles. The average molecular weight is 425 g/mol. The Bertz CT molecular complexity index is 1080. The topological polar surface area (TPSA) is 88.2 Å². The van der Waals surface area contributed by atoms with Crippen molar-refractivity contribution >= 4 is 23.4 Å². The van der Waals surface area contributed by atoms with Crippen molar-refractivity contribution in [2.75, 3.05) is 38.3 Å². The van der Waals surface area contributed by atoms with Crippen LogP contribution in [0.3, 0.4) is 0 Å². The van der Waals surface area contributed by atoms with Crippen LogP contribution in [0.25, 0.3) is 0 Å². The lowest BCUT2D eigenvalue weighted by Gasteiger charge is -2.37. The molecule has 3 aliphatic heterocycles. The number of amides is 3. The fourth-order valence-corrected chi connectivity index (χ4v) is 4.22. The number of benzene rings is 2. The summed E-state index contributed by atoms with van der Waals surface area (Å²) < 4.78 is 24.1. The van der Waals surface area contributed by atoms with Crippen molar-refractivity contribution in [2.45, 2.75) is 12.3 Å². The van der Waals surface area contributed by atoms with Gasteiger partial charge in [0.1, 0.15) is 5.82 Å². The van der Waals surface area contributed by atoms with Crippen LogP contribution in [-0.4, -0.2) is 60.5 Å². The minimum absolute atomic E-state index is 0.0216. The number of anilines is 1. The summed E-state index contributed by atoms with van der Waals surface area (Å²) >= 11 is 0. The van der Waals surface area contributed by atoms with E-state index in [0.29, 0.717) is 54.5 Å². The van der Waals surface area contributed by atoms with Crippen LogP contribution in [-0.2, 0) is 9.59 Å². The van der Waals surface area contributed by atoms with Crippen LogP contribution >= 0.6 is 0 Å². The molecule has 1 atom stereocenters. The highest BCUT2D eigenvalue weighted by molar-refractivity contribution is 6.01. The van der Waals surface area contributed by atoms with Gasteiger partial charge in [-0.1, -0.05) is 6.07 Å². The lowest BCUT2D eigenvalue weighted by atomic mass is 9.89. The summed E-state index contributed by atoms with van der Waals surface area (Å²) in [6, 6.07) is 9.14. The first-order chi connectivity index (χ1) is 15.0. The van der Waals surface area contributed by atoms with Crippen molar-refractivity contribution in [1.82, 2.24) is 9.80 Å². The molecule has 8 nitrogen and oxygen atoms in total. The SMILES string of the molecule is O=C1CC(C(=O)N2CCN(C(=O)c3ccc4c(c3)OCO4)CC2)c2ccc(F)cc2N1. The Morgan fingerprint density at radius 1 is 0.968 bits per heavy atom. The maximum atomic E-state index is 13.5. The van der Waals surface area contributed by atoms with E-state index in [-0.39, 0.29) is 30.9 Å². The molecule has 2 aromatic carbocycles. The fourth-order valence-electron chi connectivity index (χ4n) is 4.22. The van der Waals surface area contributed by atoms with E-state index in [9.17, 15) is 18.8 Å². The standard InChI is InChI=1S/C22H20FN3O5/c23-14-2-3-15-16(11-20(27)24-17(15)10-14)22(29)26-7-5-25(6-8-26)21(28)13-1-4-18-19(9-13)31-12-30-18/h1-4,9-10,16H,5-8,11-12H2,(H,24,27). The molecule has 3 amide bonds. The van der Waals surface area contributed by atoms with E-state index in [2.05, 4.69) is 5.32 Å². The lowest BCUT2D eigenvalue weighted by Crippen LogP contribution is -2.52. The number of hydrogen-bond donors (Lipinski definition) is 1. The van der Waals surface area contributed by atoms with Crippen molar-refractivity contribution in [1.29, 1.82) is 0 Å². The molecule has 0 saturated carbocycles. The first kappa shape index (κ1) is 19.3. The number of ether oxygens (including phenoxy) is 2. The highest BCUT2D eigenvalue weighted by Crippen LogP contribution is 2.35. The normalized spacial score (nSPS) is 19.6. The minimum atomic E-state index is -0.652. The van der Waals surface area contributed by atoms with Gasteiger partial charge in [-0.15, -0.1) is 0 Å². The Morgan fingerprint density at radius 2 is 1.71 bits per heavy atom. The van der Waals surface area contributed by atoms with Crippen LogP contribution in [0.1, 0.15) is 28.3 Å².